The maximum absolute atomic E-state index is 13.0. The molecule has 0 aromatic carbocycles. The molecule has 1 aliphatic carbocycles. The highest BCUT2D eigenvalue weighted by atomic mass is 32.8. The zero-order valence-electron chi connectivity index (χ0n) is 19.0. The summed E-state index contributed by atoms with van der Waals surface area (Å²) in [6.45, 7) is 8.76. The predicted molar refractivity (Wildman–Crippen MR) is 122 cm³/mol. The number of hydrogen-bond acceptors (Lipinski definition) is 7. The van der Waals surface area contributed by atoms with Gasteiger partial charge in [-0.3, -0.25) is 14.4 Å². The lowest BCUT2D eigenvalue weighted by molar-refractivity contribution is -0.139. The second-order valence-electron chi connectivity index (χ2n) is 9.44. The molecule has 2 saturated heterocycles. The van der Waals surface area contributed by atoms with E-state index in [-0.39, 0.29) is 13.0 Å². The van der Waals surface area contributed by atoms with Gasteiger partial charge in [-0.25, -0.2) is 17.9 Å². The standard InChI is InChI=1S/C20H31N4O7PS/c1-5-13-11-20(13,17(27)23-33(29,30)32-9-10-32)22-16(26)14-7-6-8-24(14)15(25)12-21-18(28)31-19(2,3)4/h5,13-14H,1,6-12H2,2-4H3,(H,21,28)(H,22,26)(H,23,27). The van der Waals surface area contributed by atoms with Crippen LogP contribution in [0.1, 0.15) is 40.0 Å². The summed E-state index contributed by atoms with van der Waals surface area (Å²) in [5, 5.41) is 5.07. The molecule has 11 nitrogen and oxygen atoms in total. The molecular weight excluding hydrogens is 471 g/mol. The van der Waals surface area contributed by atoms with Crippen molar-refractivity contribution in [2.45, 2.75) is 57.2 Å². The molecule has 3 fully saturated rings. The SMILES string of the molecule is C=CC1CC1(NC(=O)C1CCCN1C(=O)CNC(=O)OC(C)(C)C)C(=O)NS(=O)(=O)P1CC1. The van der Waals surface area contributed by atoms with Crippen LogP contribution in [0.4, 0.5) is 4.79 Å². The Hall–Kier alpha value is -2.20. The first kappa shape index (κ1) is 25.4. The van der Waals surface area contributed by atoms with Crippen LogP contribution in [0.2, 0.25) is 0 Å². The van der Waals surface area contributed by atoms with E-state index in [0.29, 0.717) is 31.7 Å². The van der Waals surface area contributed by atoms with Gasteiger partial charge in [0, 0.05) is 19.6 Å². The molecule has 0 aromatic rings. The largest absolute Gasteiger partial charge is 0.444 e. The van der Waals surface area contributed by atoms with E-state index in [1.54, 1.807) is 20.8 Å². The van der Waals surface area contributed by atoms with Crippen LogP contribution in [0.3, 0.4) is 0 Å². The van der Waals surface area contributed by atoms with Gasteiger partial charge in [0.1, 0.15) is 23.7 Å². The lowest BCUT2D eigenvalue weighted by atomic mass is 10.1. The molecule has 3 N–H and O–H groups in total. The summed E-state index contributed by atoms with van der Waals surface area (Å²) >= 11 is 0. The van der Waals surface area contributed by atoms with E-state index in [2.05, 4.69) is 21.9 Å². The Kier molecular flexibility index (Phi) is 7.10. The van der Waals surface area contributed by atoms with E-state index < -0.39 is 63.7 Å². The predicted octanol–water partition coefficient (Wildman–Crippen LogP) is 0.420. The average molecular weight is 503 g/mol. The Morgan fingerprint density at radius 2 is 1.91 bits per heavy atom. The number of likely N-dealkylation sites (tertiary alicyclic amines) is 1. The number of ether oxygens (including phenoxy) is 1. The monoisotopic (exact) mass is 502 g/mol. The van der Waals surface area contributed by atoms with E-state index in [0.717, 1.165) is 0 Å². The third kappa shape index (κ3) is 6.03. The first-order valence-electron chi connectivity index (χ1n) is 10.8. The molecule has 184 valence electrons. The Bertz CT molecular complexity index is 960. The zero-order valence-corrected chi connectivity index (χ0v) is 20.8. The zero-order chi connectivity index (χ0) is 24.6. The van der Waals surface area contributed by atoms with Crippen molar-refractivity contribution >= 4 is 40.6 Å². The van der Waals surface area contributed by atoms with Gasteiger partial charge in [0.15, 0.2) is 0 Å². The highest BCUT2D eigenvalue weighted by Gasteiger charge is 2.61. The quantitative estimate of drug-likeness (QED) is 0.321. The van der Waals surface area contributed by atoms with Crippen molar-refractivity contribution in [3.8, 4) is 0 Å². The van der Waals surface area contributed by atoms with Crippen LogP contribution in [0.25, 0.3) is 0 Å². The van der Waals surface area contributed by atoms with E-state index in [1.807, 2.05) is 0 Å². The second-order valence-corrected chi connectivity index (χ2v) is 15.4. The lowest BCUT2D eigenvalue weighted by Crippen LogP contribution is -2.56. The van der Waals surface area contributed by atoms with Crippen LogP contribution < -0.4 is 15.4 Å². The number of nitrogens with zero attached hydrogens (tertiary/aromatic N) is 1. The van der Waals surface area contributed by atoms with Gasteiger partial charge in [0.2, 0.25) is 11.8 Å². The molecule has 0 bridgehead atoms. The van der Waals surface area contributed by atoms with E-state index in [1.165, 1.54) is 11.0 Å². The number of carbonyl (C=O) groups is 4. The van der Waals surface area contributed by atoms with Crippen molar-refractivity contribution in [2.75, 3.05) is 25.4 Å². The van der Waals surface area contributed by atoms with Gasteiger partial charge < -0.3 is 20.3 Å². The molecule has 4 amide bonds. The fraction of sp³-hybridized carbons (Fsp3) is 0.700. The number of amides is 4. The lowest BCUT2D eigenvalue weighted by Gasteiger charge is -2.27. The van der Waals surface area contributed by atoms with Gasteiger partial charge in [-0.05, 0) is 52.4 Å². The molecule has 3 aliphatic rings. The van der Waals surface area contributed by atoms with E-state index in [4.69, 9.17) is 4.74 Å². The molecule has 3 rings (SSSR count). The second kappa shape index (κ2) is 9.21. The molecule has 0 aromatic heterocycles. The van der Waals surface area contributed by atoms with Crippen LogP contribution in [-0.2, 0) is 28.8 Å². The van der Waals surface area contributed by atoms with Crippen molar-refractivity contribution in [1.82, 2.24) is 20.3 Å². The molecule has 0 spiro atoms. The molecule has 3 atom stereocenters. The van der Waals surface area contributed by atoms with E-state index >= 15 is 0 Å². The fourth-order valence-corrected chi connectivity index (χ4v) is 7.96. The molecule has 0 radical (unpaired) electrons. The third-order valence-corrected chi connectivity index (χ3v) is 11.0. The summed E-state index contributed by atoms with van der Waals surface area (Å²) in [7, 11) is -4.93. The average Bonchev–Trinajstić information content (AvgIpc) is 3.61. The third-order valence-electron chi connectivity index (χ3n) is 5.68. The molecule has 1 saturated carbocycles. The number of rotatable bonds is 8. The molecule has 2 aliphatic heterocycles. The van der Waals surface area contributed by atoms with Gasteiger partial charge >= 0.3 is 6.09 Å². The first-order valence-corrected chi connectivity index (χ1v) is 14.6. The van der Waals surface area contributed by atoms with Crippen LogP contribution >= 0.6 is 7.12 Å². The van der Waals surface area contributed by atoms with Crippen molar-refractivity contribution in [1.29, 1.82) is 0 Å². The van der Waals surface area contributed by atoms with Crippen molar-refractivity contribution in [3.05, 3.63) is 12.7 Å². The number of alkyl carbamates (subject to hydrolysis) is 1. The number of nitrogens with one attached hydrogen (secondary N) is 3. The molecule has 13 heteroatoms. The van der Waals surface area contributed by atoms with Crippen LogP contribution in [0.15, 0.2) is 12.7 Å². The number of hydrogen-bond donors (Lipinski definition) is 3. The highest BCUT2D eigenvalue weighted by Crippen LogP contribution is 2.56. The van der Waals surface area contributed by atoms with Crippen LogP contribution in [0.5, 0.6) is 0 Å². The van der Waals surface area contributed by atoms with Gasteiger partial charge in [0.05, 0.1) is 0 Å². The Labute approximate surface area is 194 Å². The van der Waals surface area contributed by atoms with Gasteiger partial charge in [0.25, 0.3) is 15.6 Å². The van der Waals surface area contributed by atoms with Crippen LogP contribution in [0, 0.1) is 5.92 Å². The molecule has 3 unspecified atom stereocenters. The van der Waals surface area contributed by atoms with Gasteiger partial charge in [-0.1, -0.05) is 6.08 Å². The normalized spacial score (nSPS) is 26.8. The minimum atomic E-state index is -3.71. The smallest absolute Gasteiger partial charge is 0.408 e. The van der Waals surface area contributed by atoms with Crippen molar-refractivity contribution < 1.29 is 32.3 Å². The van der Waals surface area contributed by atoms with E-state index in [9.17, 15) is 27.6 Å². The maximum Gasteiger partial charge on any atom is 0.408 e. The summed E-state index contributed by atoms with van der Waals surface area (Å²) in [5.41, 5.74) is -2.10. The summed E-state index contributed by atoms with van der Waals surface area (Å²) < 4.78 is 31.7. The highest BCUT2D eigenvalue weighted by molar-refractivity contribution is 8.51. The summed E-state index contributed by atoms with van der Waals surface area (Å²) in [5.74, 6) is -2.15. The molecule has 2 heterocycles. The summed E-state index contributed by atoms with van der Waals surface area (Å²) in [6.07, 6.45) is 3.12. The minimum Gasteiger partial charge on any atom is -0.444 e. The van der Waals surface area contributed by atoms with Gasteiger partial charge in [-0.2, -0.15) is 0 Å². The van der Waals surface area contributed by atoms with Crippen molar-refractivity contribution in [2.24, 2.45) is 5.92 Å². The summed E-state index contributed by atoms with van der Waals surface area (Å²) in [4.78, 5) is 51.7. The molecule has 33 heavy (non-hydrogen) atoms. The van der Waals surface area contributed by atoms with Gasteiger partial charge in [-0.15, -0.1) is 6.58 Å². The van der Waals surface area contributed by atoms with Crippen LogP contribution in [-0.4, -0.2) is 79.7 Å². The minimum absolute atomic E-state index is 0.238. The van der Waals surface area contributed by atoms with Crippen molar-refractivity contribution in [3.63, 3.8) is 0 Å². The Balaban J connectivity index is 1.61. The maximum atomic E-state index is 13.0. The number of carbonyl (C=O) groups excluding carboxylic acids is 4. The fourth-order valence-electron chi connectivity index (χ4n) is 3.79. The molecular formula is C20H31N4O7PS. The Morgan fingerprint density at radius 3 is 2.45 bits per heavy atom. The first-order chi connectivity index (χ1) is 15.3. The summed E-state index contributed by atoms with van der Waals surface area (Å²) in [6, 6.07) is -0.821. The Morgan fingerprint density at radius 1 is 1.24 bits per heavy atom. The topological polar surface area (TPSA) is 151 Å².